The summed E-state index contributed by atoms with van der Waals surface area (Å²) in [5, 5.41) is 12.1. The highest BCUT2D eigenvalue weighted by molar-refractivity contribution is 5.89. The molecule has 1 N–H and O–H groups in total. The molecule has 0 spiro atoms. The van der Waals surface area contributed by atoms with Gasteiger partial charge in [-0.2, -0.15) is 0 Å². The van der Waals surface area contributed by atoms with E-state index in [4.69, 9.17) is 9.94 Å². The molecule has 0 bridgehead atoms. The number of methoxy groups -OCH3 is 1. The second-order valence-corrected chi connectivity index (χ2v) is 4.03. The number of ether oxygens (including phenoxy) is 1. The van der Waals surface area contributed by atoms with Crippen LogP contribution in [0, 0.1) is 5.92 Å². The number of carbonyl (C=O) groups excluding carboxylic acids is 1. The van der Waals surface area contributed by atoms with Gasteiger partial charge >= 0.3 is 0 Å². The zero-order chi connectivity index (χ0) is 12.0. The molecule has 0 aromatic heterocycles. The minimum atomic E-state index is 0.122. The molecule has 5 heteroatoms. The van der Waals surface area contributed by atoms with E-state index in [2.05, 4.69) is 5.16 Å². The number of likely N-dealkylation sites (tertiary alicyclic amines) is 1. The van der Waals surface area contributed by atoms with E-state index in [9.17, 15) is 4.79 Å². The Morgan fingerprint density at radius 3 is 3.00 bits per heavy atom. The van der Waals surface area contributed by atoms with Crippen molar-refractivity contribution in [3.8, 4) is 0 Å². The van der Waals surface area contributed by atoms with Crippen LogP contribution in [0.15, 0.2) is 5.16 Å². The van der Waals surface area contributed by atoms with Crippen molar-refractivity contribution >= 4 is 11.6 Å². The summed E-state index contributed by atoms with van der Waals surface area (Å²) in [6, 6.07) is 0. The number of hydrogen-bond acceptors (Lipinski definition) is 4. The number of piperidine rings is 1. The monoisotopic (exact) mass is 228 g/mol. The SMILES string of the molecule is CCC1CN(C(=O)CCOC)CCC1=NO. The Kier molecular flexibility index (Phi) is 5.25. The summed E-state index contributed by atoms with van der Waals surface area (Å²) in [4.78, 5) is 13.6. The number of hydrogen-bond donors (Lipinski definition) is 1. The van der Waals surface area contributed by atoms with E-state index in [0.29, 0.717) is 32.5 Å². The number of oxime groups is 1. The zero-order valence-corrected chi connectivity index (χ0v) is 9.98. The Bertz CT molecular complexity index is 266. The maximum absolute atomic E-state index is 11.8. The van der Waals surface area contributed by atoms with Gasteiger partial charge in [-0.15, -0.1) is 0 Å². The van der Waals surface area contributed by atoms with E-state index < -0.39 is 0 Å². The lowest BCUT2D eigenvalue weighted by Gasteiger charge is -2.32. The first-order chi connectivity index (χ1) is 7.72. The first kappa shape index (κ1) is 13.0. The Labute approximate surface area is 96.1 Å². The molecule has 1 aliphatic rings. The van der Waals surface area contributed by atoms with Crippen molar-refractivity contribution < 1.29 is 14.7 Å². The predicted molar refractivity (Wildman–Crippen MR) is 60.7 cm³/mol. The highest BCUT2D eigenvalue weighted by atomic mass is 16.5. The molecule has 1 heterocycles. The molecular formula is C11H20N2O3. The molecule has 1 unspecified atom stereocenters. The van der Waals surface area contributed by atoms with Crippen molar-refractivity contribution in [1.82, 2.24) is 4.90 Å². The van der Waals surface area contributed by atoms with Gasteiger partial charge in [0.1, 0.15) is 0 Å². The van der Waals surface area contributed by atoms with E-state index in [1.807, 2.05) is 11.8 Å². The Balaban J connectivity index is 2.50. The first-order valence-electron chi connectivity index (χ1n) is 5.70. The zero-order valence-electron chi connectivity index (χ0n) is 9.98. The minimum absolute atomic E-state index is 0.122. The fraction of sp³-hybridized carbons (Fsp3) is 0.818. The van der Waals surface area contributed by atoms with Crippen molar-refractivity contribution in [2.75, 3.05) is 26.8 Å². The van der Waals surface area contributed by atoms with Gasteiger partial charge in [-0.25, -0.2) is 0 Å². The van der Waals surface area contributed by atoms with Crippen LogP contribution in [0.4, 0.5) is 0 Å². The van der Waals surface area contributed by atoms with Crippen LogP contribution in [-0.4, -0.2) is 48.5 Å². The second-order valence-electron chi connectivity index (χ2n) is 4.03. The molecule has 0 radical (unpaired) electrons. The molecular weight excluding hydrogens is 208 g/mol. The number of nitrogens with zero attached hydrogens (tertiary/aromatic N) is 2. The van der Waals surface area contributed by atoms with Gasteiger partial charge in [-0.05, 0) is 6.42 Å². The third-order valence-corrected chi connectivity index (χ3v) is 3.04. The fourth-order valence-electron chi connectivity index (χ4n) is 1.99. The van der Waals surface area contributed by atoms with Gasteiger partial charge < -0.3 is 14.8 Å². The van der Waals surface area contributed by atoms with Crippen molar-refractivity contribution in [3.05, 3.63) is 0 Å². The maximum Gasteiger partial charge on any atom is 0.224 e. The quantitative estimate of drug-likeness (QED) is 0.579. The van der Waals surface area contributed by atoms with E-state index in [1.165, 1.54) is 0 Å². The van der Waals surface area contributed by atoms with E-state index in [1.54, 1.807) is 7.11 Å². The molecule has 1 amide bonds. The molecule has 0 saturated carbocycles. The molecule has 1 aliphatic heterocycles. The Morgan fingerprint density at radius 1 is 1.69 bits per heavy atom. The largest absolute Gasteiger partial charge is 0.411 e. The third-order valence-electron chi connectivity index (χ3n) is 3.04. The molecule has 1 saturated heterocycles. The minimum Gasteiger partial charge on any atom is -0.411 e. The highest BCUT2D eigenvalue weighted by Crippen LogP contribution is 2.17. The van der Waals surface area contributed by atoms with Crippen LogP contribution in [0.25, 0.3) is 0 Å². The molecule has 1 rings (SSSR count). The van der Waals surface area contributed by atoms with Crippen molar-refractivity contribution in [1.29, 1.82) is 0 Å². The molecule has 16 heavy (non-hydrogen) atoms. The molecule has 0 aromatic carbocycles. The van der Waals surface area contributed by atoms with Gasteiger partial charge in [0, 0.05) is 32.5 Å². The van der Waals surface area contributed by atoms with Crippen LogP contribution < -0.4 is 0 Å². The van der Waals surface area contributed by atoms with Crippen molar-refractivity contribution in [2.45, 2.75) is 26.2 Å². The van der Waals surface area contributed by atoms with Gasteiger partial charge in [0.2, 0.25) is 5.91 Å². The van der Waals surface area contributed by atoms with Crippen LogP contribution in [0.1, 0.15) is 26.2 Å². The van der Waals surface area contributed by atoms with Crippen LogP contribution in [-0.2, 0) is 9.53 Å². The molecule has 5 nitrogen and oxygen atoms in total. The van der Waals surface area contributed by atoms with Gasteiger partial charge in [0.05, 0.1) is 18.7 Å². The summed E-state index contributed by atoms with van der Waals surface area (Å²) in [7, 11) is 1.59. The average Bonchev–Trinajstić information content (AvgIpc) is 2.34. The average molecular weight is 228 g/mol. The summed E-state index contributed by atoms with van der Waals surface area (Å²) >= 11 is 0. The van der Waals surface area contributed by atoms with Crippen molar-refractivity contribution in [3.63, 3.8) is 0 Å². The predicted octanol–water partition coefficient (Wildman–Crippen LogP) is 1.11. The van der Waals surface area contributed by atoms with Crippen LogP contribution in [0.5, 0.6) is 0 Å². The summed E-state index contributed by atoms with van der Waals surface area (Å²) in [6.45, 7) is 3.82. The van der Waals surface area contributed by atoms with E-state index >= 15 is 0 Å². The highest BCUT2D eigenvalue weighted by Gasteiger charge is 2.27. The Hall–Kier alpha value is -1.10. The first-order valence-corrected chi connectivity index (χ1v) is 5.70. The second kappa shape index (κ2) is 6.48. The molecule has 0 aliphatic carbocycles. The maximum atomic E-state index is 11.8. The van der Waals surface area contributed by atoms with E-state index in [-0.39, 0.29) is 11.8 Å². The number of amides is 1. The van der Waals surface area contributed by atoms with Gasteiger partial charge in [0.15, 0.2) is 0 Å². The third kappa shape index (κ3) is 3.20. The smallest absolute Gasteiger partial charge is 0.224 e. The van der Waals surface area contributed by atoms with Gasteiger partial charge in [0.25, 0.3) is 0 Å². The lowest BCUT2D eigenvalue weighted by molar-refractivity contribution is -0.132. The summed E-state index contributed by atoms with van der Waals surface area (Å²) in [6.07, 6.45) is 2.00. The summed E-state index contributed by atoms with van der Waals surface area (Å²) < 4.78 is 4.89. The number of carbonyl (C=O) groups is 1. The number of rotatable bonds is 4. The van der Waals surface area contributed by atoms with Crippen molar-refractivity contribution in [2.24, 2.45) is 11.1 Å². The van der Waals surface area contributed by atoms with Gasteiger partial charge in [-0.1, -0.05) is 12.1 Å². The molecule has 0 aromatic rings. The summed E-state index contributed by atoms with van der Waals surface area (Å²) in [5.41, 5.74) is 0.818. The standard InChI is InChI=1S/C11H20N2O3/c1-3-9-8-13(6-4-10(9)12-15)11(14)5-7-16-2/h9,15H,3-8H2,1-2H3. The summed E-state index contributed by atoms with van der Waals surface area (Å²) in [5.74, 6) is 0.322. The van der Waals surface area contributed by atoms with Crippen LogP contribution in [0.3, 0.4) is 0 Å². The van der Waals surface area contributed by atoms with Gasteiger partial charge in [-0.3, -0.25) is 4.79 Å². The van der Waals surface area contributed by atoms with Crippen LogP contribution in [0.2, 0.25) is 0 Å². The molecule has 1 fully saturated rings. The van der Waals surface area contributed by atoms with E-state index in [0.717, 1.165) is 12.1 Å². The molecule has 92 valence electrons. The fourth-order valence-corrected chi connectivity index (χ4v) is 1.99. The molecule has 1 atom stereocenters. The topological polar surface area (TPSA) is 62.1 Å². The Morgan fingerprint density at radius 2 is 2.44 bits per heavy atom. The normalized spacial score (nSPS) is 23.8. The lowest BCUT2D eigenvalue weighted by atomic mass is 9.93. The van der Waals surface area contributed by atoms with Crippen LogP contribution >= 0.6 is 0 Å². The lowest BCUT2D eigenvalue weighted by Crippen LogP contribution is -2.44.